The summed E-state index contributed by atoms with van der Waals surface area (Å²) in [5.41, 5.74) is 4.87. The number of benzene rings is 2. The highest BCUT2D eigenvalue weighted by Gasteiger charge is 2.21. The van der Waals surface area contributed by atoms with Crippen molar-refractivity contribution in [1.82, 2.24) is 9.38 Å². The summed E-state index contributed by atoms with van der Waals surface area (Å²) < 4.78 is 29.7. The Morgan fingerprint density at radius 2 is 1.77 bits per heavy atom. The van der Waals surface area contributed by atoms with Gasteiger partial charge in [0.05, 0.1) is 0 Å². The van der Waals surface area contributed by atoms with E-state index in [0.29, 0.717) is 11.5 Å². The van der Waals surface area contributed by atoms with Crippen LogP contribution in [-0.4, -0.2) is 9.38 Å². The topological polar surface area (TPSA) is 29.3 Å². The van der Waals surface area contributed by atoms with Crippen molar-refractivity contribution in [3.05, 3.63) is 70.2 Å². The molecule has 0 fully saturated rings. The fourth-order valence-electron chi connectivity index (χ4n) is 3.11. The monoisotopic (exact) mass is 369 g/mol. The van der Waals surface area contributed by atoms with Gasteiger partial charge in [0.15, 0.2) is 4.96 Å². The normalized spacial score (nSPS) is 11.3. The van der Waals surface area contributed by atoms with Crippen molar-refractivity contribution in [2.24, 2.45) is 0 Å². The van der Waals surface area contributed by atoms with Crippen molar-refractivity contribution < 1.29 is 8.78 Å². The number of imidazole rings is 1. The molecule has 0 aliphatic carbocycles. The predicted octanol–water partition coefficient (Wildman–Crippen LogP) is 6.01. The van der Waals surface area contributed by atoms with Crippen LogP contribution in [0.3, 0.4) is 0 Å². The number of fused-ring (bicyclic) bond motifs is 1. The summed E-state index contributed by atoms with van der Waals surface area (Å²) in [6.07, 6.45) is 0. The van der Waals surface area contributed by atoms with Gasteiger partial charge in [-0.3, -0.25) is 4.40 Å². The van der Waals surface area contributed by atoms with Gasteiger partial charge in [0.25, 0.3) is 0 Å². The Kier molecular flexibility index (Phi) is 4.00. The number of anilines is 2. The molecule has 0 atom stereocenters. The van der Waals surface area contributed by atoms with Gasteiger partial charge in [0, 0.05) is 28.4 Å². The number of hydrogen-bond donors (Lipinski definition) is 1. The highest BCUT2D eigenvalue weighted by molar-refractivity contribution is 7.15. The van der Waals surface area contributed by atoms with E-state index in [-0.39, 0.29) is 5.56 Å². The largest absolute Gasteiger partial charge is 0.339 e. The molecule has 2 aromatic heterocycles. The van der Waals surface area contributed by atoms with E-state index in [1.165, 1.54) is 23.5 Å². The van der Waals surface area contributed by atoms with E-state index in [1.54, 1.807) is 0 Å². The van der Waals surface area contributed by atoms with Crippen molar-refractivity contribution in [2.75, 3.05) is 5.32 Å². The minimum atomic E-state index is -0.627. The van der Waals surface area contributed by atoms with Crippen molar-refractivity contribution in [1.29, 1.82) is 0 Å². The number of para-hydroxylation sites is 1. The molecule has 4 rings (SSSR count). The second-order valence-electron chi connectivity index (χ2n) is 6.32. The fourth-order valence-corrected chi connectivity index (χ4v) is 3.98. The number of thiazole rings is 1. The van der Waals surface area contributed by atoms with Gasteiger partial charge in [-0.25, -0.2) is 13.8 Å². The number of hydrogen-bond acceptors (Lipinski definition) is 3. The standard InChI is InChI=1S/C20H17F2N3S/c1-11-5-4-6-12(2)17(11)23-19-18(15-8-7-14(21)9-16(15)22)24-20-25(19)13(3)10-26-20/h4-10,23H,1-3H3. The van der Waals surface area contributed by atoms with Crippen LogP contribution in [-0.2, 0) is 0 Å². The lowest BCUT2D eigenvalue weighted by Gasteiger charge is -2.14. The van der Waals surface area contributed by atoms with E-state index in [1.807, 2.05) is 48.8 Å². The Hall–Kier alpha value is -2.73. The third-order valence-electron chi connectivity index (χ3n) is 4.45. The molecule has 3 nitrogen and oxygen atoms in total. The van der Waals surface area contributed by atoms with Crippen molar-refractivity contribution in [3.8, 4) is 11.3 Å². The van der Waals surface area contributed by atoms with Crippen molar-refractivity contribution in [2.45, 2.75) is 20.8 Å². The molecule has 1 N–H and O–H groups in total. The molecule has 0 aliphatic heterocycles. The first-order chi connectivity index (χ1) is 12.5. The summed E-state index contributed by atoms with van der Waals surface area (Å²) >= 11 is 1.49. The van der Waals surface area contributed by atoms with Gasteiger partial charge in [-0.05, 0) is 44.0 Å². The molecule has 0 aliphatic rings. The fraction of sp³-hybridized carbons (Fsp3) is 0.150. The average molecular weight is 369 g/mol. The molecule has 6 heteroatoms. The van der Waals surface area contributed by atoms with Crippen molar-refractivity contribution >= 4 is 27.8 Å². The molecule has 0 saturated heterocycles. The number of aromatic nitrogens is 2. The molecule has 2 aromatic carbocycles. The summed E-state index contributed by atoms with van der Waals surface area (Å²) in [6.45, 7) is 6.02. The molecule has 0 bridgehead atoms. The lowest BCUT2D eigenvalue weighted by atomic mass is 10.1. The van der Waals surface area contributed by atoms with Gasteiger partial charge in [0.2, 0.25) is 0 Å². The van der Waals surface area contributed by atoms with Crippen LogP contribution in [0.25, 0.3) is 16.2 Å². The first kappa shape index (κ1) is 16.7. The lowest BCUT2D eigenvalue weighted by Crippen LogP contribution is -2.01. The average Bonchev–Trinajstić information content (AvgIpc) is 3.12. The van der Waals surface area contributed by atoms with Crippen LogP contribution in [0.1, 0.15) is 16.8 Å². The van der Waals surface area contributed by atoms with Crippen LogP contribution in [0, 0.1) is 32.4 Å². The highest BCUT2D eigenvalue weighted by atomic mass is 32.1. The molecule has 0 radical (unpaired) electrons. The van der Waals surface area contributed by atoms with Crippen LogP contribution in [0.15, 0.2) is 41.8 Å². The van der Waals surface area contributed by atoms with Crippen LogP contribution in [0.4, 0.5) is 20.3 Å². The molecule has 0 amide bonds. The van der Waals surface area contributed by atoms with Gasteiger partial charge in [-0.15, -0.1) is 11.3 Å². The molecule has 132 valence electrons. The van der Waals surface area contributed by atoms with Crippen LogP contribution >= 0.6 is 11.3 Å². The zero-order chi connectivity index (χ0) is 18.4. The number of aryl methyl sites for hydroxylation is 3. The summed E-state index contributed by atoms with van der Waals surface area (Å²) in [6, 6.07) is 9.61. The van der Waals surface area contributed by atoms with Gasteiger partial charge >= 0.3 is 0 Å². The van der Waals surface area contributed by atoms with Gasteiger partial charge in [-0.1, -0.05) is 18.2 Å². The maximum atomic E-state index is 14.4. The molecular formula is C20H17F2N3S. The van der Waals surface area contributed by atoms with Gasteiger partial charge in [-0.2, -0.15) is 0 Å². The maximum Gasteiger partial charge on any atom is 0.196 e. The smallest absolute Gasteiger partial charge is 0.196 e. The minimum absolute atomic E-state index is 0.274. The van der Waals surface area contributed by atoms with Crippen molar-refractivity contribution in [3.63, 3.8) is 0 Å². The summed E-state index contributed by atoms with van der Waals surface area (Å²) in [4.78, 5) is 5.37. The number of halogens is 2. The Balaban J connectivity index is 1.96. The SMILES string of the molecule is Cc1cccc(C)c1Nc1c(-c2ccc(F)cc2F)nc2scc(C)n12. The predicted molar refractivity (Wildman–Crippen MR) is 102 cm³/mol. The molecular weight excluding hydrogens is 352 g/mol. The summed E-state index contributed by atoms with van der Waals surface area (Å²) in [7, 11) is 0. The molecule has 0 spiro atoms. The van der Waals surface area contributed by atoms with Crippen LogP contribution in [0.2, 0.25) is 0 Å². The molecule has 0 saturated carbocycles. The van der Waals surface area contributed by atoms with Crippen LogP contribution < -0.4 is 5.32 Å². The summed E-state index contributed by atoms with van der Waals surface area (Å²) in [5.74, 6) is -0.549. The Bertz CT molecular complexity index is 1110. The highest BCUT2D eigenvalue weighted by Crippen LogP contribution is 2.36. The number of rotatable bonds is 3. The number of nitrogens with zero attached hydrogens (tertiary/aromatic N) is 2. The summed E-state index contributed by atoms with van der Waals surface area (Å²) in [5, 5.41) is 5.45. The first-order valence-electron chi connectivity index (χ1n) is 8.21. The Morgan fingerprint density at radius 3 is 2.46 bits per heavy atom. The van der Waals surface area contributed by atoms with E-state index in [0.717, 1.165) is 33.5 Å². The molecule has 2 heterocycles. The lowest BCUT2D eigenvalue weighted by molar-refractivity contribution is 0.585. The van der Waals surface area contributed by atoms with E-state index < -0.39 is 11.6 Å². The quantitative estimate of drug-likeness (QED) is 0.479. The third-order valence-corrected chi connectivity index (χ3v) is 5.39. The van der Waals surface area contributed by atoms with Gasteiger partial charge < -0.3 is 5.32 Å². The number of nitrogens with one attached hydrogen (secondary N) is 1. The van der Waals surface area contributed by atoms with E-state index in [2.05, 4.69) is 10.3 Å². The Morgan fingerprint density at radius 1 is 1.04 bits per heavy atom. The Labute approximate surface area is 153 Å². The van der Waals surface area contributed by atoms with E-state index >= 15 is 0 Å². The zero-order valence-electron chi connectivity index (χ0n) is 14.6. The third kappa shape index (κ3) is 2.66. The first-order valence-corrected chi connectivity index (χ1v) is 9.09. The zero-order valence-corrected chi connectivity index (χ0v) is 15.4. The molecule has 4 aromatic rings. The van der Waals surface area contributed by atoms with E-state index in [9.17, 15) is 8.78 Å². The molecule has 26 heavy (non-hydrogen) atoms. The second-order valence-corrected chi connectivity index (χ2v) is 7.16. The second kappa shape index (κ2) is 6.21. The molecule has 0 unspecified atom stereocenters. The van der Waals surface area contributed by atoms with Gasteiger partial charge in [0.1, 0.15) is 23.1 Å². The van der Waals surface area contributed by atoms with E-state index in [4.69, 9.17) is 0 Å². The van der Waals surface area contributed by atoms with Crippen LogP contribution in [0.5, 0.6) is 0 Å². The minimum Gasteiger partial charge on any atom is -0.339 e. The maximum absolute atomic E-state index is 14.4.